The highest BCUT2D eigenvalue weighted by atomic mass is 79.9. The zero-order valence-electron chi connectivity index (χ0n) is 10.3. The van der Waals surface area contributed by atoms with Crippen LogP contribution in [0.2, 0.25) is 5.02 Å². The van der Waals surface area contributed by atoms with Crippen LogP contribution in [-0.2, 0) is 10.0 Å². The molecule has 1 rings (SSSR count). The van der Waals surface area contributed by atoms with E-state index >= 15 is 0 Å². The average Bonchev–Trinajstić information content (AvgIpc) is 2.32. The van der Waals surface area contributed by atoms with Crippen molar-refractivity contribution >= 4 is 43.2 Å². The van der Waals surface area contributed by atoms with Crippen LogP contribution in [0.5, 0.6) is 0 Å². The molecule has 1 aromatic carbocycles. The smallest absolute Gasteiger partial charge is 0.258 e. The molecule has 0 unspecified atom stereocenters. The molecule has 0 aliphatic rings. The van der Waals surface area contributed by atoms with Crippen LogP contribution in [0.1, 0.15) is 5.56 Å². The molecule has 0 aliphatic carbocycles. The molecular weight excluding hydrogens is 360 g/mol. The second-order valence-corrected chi connectivity index (χ2v) is 7.07. The number of nitro benzene ring substituents is 1. The largest absolute Gasteiger partial charge is 0.275 e. The lowest BCUT2D eigenvalue weighted by molar-refractivity contribution is -0.385. The van der Waals surface area contributed by atoms with Crippen molar-refractivity contribution in [1.82, 2.24) is 4.31 Å². The van der Waals surface area contributed by atoms with Gasteiger partial charge in [-0.15, -0.1) is 0 Å². The zero-order chi connectivity index (χ0) is 14.8. The van der Waals surface area contributed by atoms with Crippen LogP contribution in [0.25, 0.3) is 0 Å². The summed E-state index contributed by atoms with van der Waals surface area (Å²) >= 11 is 8.99. The summed E-state index contributed by atoms with van der Waals surface area (Å²) in [5.74, 6) is 0. The molecule has 0 heterocycles. The van der Waals surface area contributed by atoms with Crippen molar-refractivity contribution < 1.29 is 13.3 Å². The van der Waals surface area contributed by atoms with E-state index < -0.39 is 14.9 Å². The number of benzene rings is 1. The van der Waals surface area contributed by atoms with Crippen molar-refractivity contribution in [3.63, 3.8) is 0 Å². The van der Waals surface area contributed by atoms with Gasteiger partial charge in [0.05, 0.1) is 14.8 Å². The normalized spacial score (nSPS) is 11.8. The Morgan fingerprint density at radius 3 is 2.53 bits per heavy atom. The first-order valence-corrected chi connectivity index (χ1v) is 8.12. The van der Waals surface area contributed by atoms with E-state index in [0.717, 1.165) is 10.4 Å². The highest BCUT2D eigenvalue weighted by Gasteiger charge is 2.25. The monoisotopic (exact) mass is 370 g/mol. The van der Waals surface area contributed by atoms with Gasteiger partial charge in [-0.1, -0.05) is 27.5 Å². The quantitative estimate of drug-likeness (QED) is 0.452. The molecule has 19 heavy (non-hydrogen) atoms. The van der Waals surface area contributed by atoms with Crippen molar-refractivity contribution in [1.29, 1.82) is 0 Å². The summed E-state index contributed by atoms with van der Waals surface area (Å²) in [5.41, 5.74) is -0.0629. The third kappa shape index (κ3) is 3.44. The molecule has 0 amide bonds. The lowest BCUT2D eigenvalue weighted by Gasteiger charge is -2.16. The molecule has 0 atom stereocenters. The van der Waals surface area contributed by atoms with E-state index in [1.54, 1.807) is 0 Å². The Kier molecular flexibility index (Phi) is 5.31. The molecule has 0 aromatic heterocycles. The van der Waals surface area contributed by atoms with Crippen molar-refractivity contribution in [2.45, 2.75) is 11.8 Å². The van der Waals surface area contributed by atoms with Gasteiger partial charge >= 0.3 is 0 Å². The third-order valence-corrected chi connectivity index (χ3v) is 5.18. The maximum atomic E-state index is 12.2. The van der Waals surface area contributed by atoms with Gasteiger partial charge in [0.1, 0.15) is 0 Å². The van der Waals surface area contributed by atoms with Crippen LogP contribution >= 0.6 is 27.5 Å². The Bertz CT molecular complexity index is 606. The van der Waals surface area contributed by atoms with Gasteiger partial charge in [-0.2, -0.15) is 0 Å². The number of nitrogens with zero attached hydrogens (tertiary/aromatic N) is 2. The topological polar surface area (TPSA) is 80.5 Å². The zero-order valence-corrected chi connectivity index (χ0v) is 13.4. The predicted molar refractivity (Wildman–Crippen MR) is 76.5 cm³/mol. The van der Waals surface area contributed by atoms with Gasteiger partial charge < -0.3 is 0 Å². The first kappa shape index (κ1) is 16.4. The highest BCUT2D eigenvalue weighted by Crippen LogP contribution is 2.30. The molecule has 6 nitrogen and oxygen atoms in total. The minimum atomic E-state index is -3.78. The SMILES string of the molecule is Cc1c(Cl)cc(S(=O)(=O)N(C)CCBr)cc1[N+](=O)[O-]. The minimum Gasteiger partial charge on any atom is -0.258 e. The molecule has 0 fully saturated rings. The summed E-state index contributed by atoms with van der Waals surface area (Å²) in [7, 11) is -2.38. The van der Waals surface area contributed by atoms with Gasteiger partial charge in [-0.05, 0) is 13.0 Å². The van der Waals surface area contributed by atoms with E-state index in [1.807, 2.05) is 0 Å². The van der Waals surface area contributed by atoms with Crippen LogP contribution in [0.15, 0.2) is 17.0 Å². The Morgan fingerprint density at radius 2 is 2.05 bits per heavy atom. The summed E-state index contributed by atoms with van der Waals surface area (Å²) < 4.78 is 25.5. The third-order valence-electron chi connectivity index (χ3n) is 2.59. The molecule has 9 heteroatoms. The second kappa shape index (κ2) is 6.17. The van der Waals surface area contributed by atoms with Crippen molar-refractivity contribution in [3.05, 3.63) is 32.8 Å². The van der Waals surface area contributed by atoms with E-state index in [0.29, 0.717) is 5.33 Å². The van der Waals surface area contributed by atoms with E-state index in [-0.39, 0.29) is 27.7 Å². The van der Waals surface area contributed by atoms with Gasteiger partial charge in [-0.3, -0.25) is 10.1 Å². The van der Waals surface area contributed by atoms with E-state index in [2.05, 4.69) is 15.9 Å². The number of sulfonamides is 1. The van der Waals surface area contributed by atoms with Gasteiger partial charge in [0.15, 0.2) is 0 Å². The summed E-state index contributed by atoms with van der Waals surface area (Å²) in [6.07, 6.45) is 0. The molecule has 0 aliphatic heterocycles. The van der Waals surface area contributed by atoms with Gasteiger partial charge in [0.2, 0.25) is 10.0 Å². The number of halogens is 2. The van der Waals surface area contributed by atoms with E-state index in [4.69, 9.17) is 11.6 Å². The van der Waals surface area contributed by atoms with Crippen molar-refractivity contribution in [2.24, 2.45) is 0 Å². The van der Waals surface area contributed by atoms with Crippen LogP contribution in [0.4, 0.5) is 5.69 Å². The number of nitro groups is 1. The molecule has 0 saturated heterocycles. The number of rotatable bonds is 5. The molecular formula is C10H12BrClN2O4S. The molecule has 0 spiro atoms. The molecule has 0 saturated carbocycles. The Labute approximate surface area is 124 Å². The molecule has 0 bridgehead atoms. The number of hydrogen-bond acceptors (Lipinski definition) is 4. The van der Waals surface area contributed by atoms with Crippen LogP contribution in [-0.4, -0.2) is 36.6 Å². The molecule has 106 valence electrons. The first-order valence-electron chi connectivity index (χ1n) is 5.18. The average molecular weight is 372 g/mol. The highest BCUT2D eigenvalue weighted by molar-refractivity contribution is 9.09. The van der Waals surface area contributed by atoms with Crippen molar-refractivity contribution in [3.8, 4) is 0 Å². The minimum absolute atomic E-state index is 0.0556. The standard InChI is InChI=1S/C10H12BrClN2O4S/c1-7-9(12)5-8(6-10(7)14(15)16)19(17,18)13(2)4-3-11/h5-6H,3-4H2,1-2H3. The Morgan fingerprint density at radius 1 is 1.47 bits per heavy atom. The maximum absolute atomic E-state index is 12.2. The van der Waals surface area contributed by atoms with E-state index in [1.165, 1.54) is 20.0 Å². The summed E-state index contributed by atoms with van der Waals surface area (Å²) in [5, 5.41) is 11.4. The molecule has 0 N–H and O–H groups in total. The fourth-order valence-corrected chi connectivity index (χ4v) is 3.66. The fraction of sp³-hybridized carbons (Fsp3) is 0.400. The number of alkyl halides is 1. The predicted octanol–water partition coefficient (Wildman–Crippen LogP) is 2.57. The second-order valence-electron chi connectivity index (χ2n) is 3.82. The van der Waals surface area contributed by atoms with Gasteiger partial charge in [0, 0.05) is 30.6 Å². The lowest BCUT2D eigenvalue weighted by Crippen LogP contribution is -2.28. The van der Waals surface area contributed by atoms with Gasteiger partial charge in [0.25, 0.3) is 5.69 Å². The summed E-state index contributed by atoms with van der Waals surface area (Å²) in [6, 6.07) is 2.26. The van der Waals surface area contributed by atoms with Crippen LogP contribution in [0, 0.1) is 17.0 Å². The Balaban J connectivity index is 3.40. The Hall–Kier alpha value is -0.700. The van der Waals surface area contributed by atoms with Crippen LogP contribution < -0.4 is 0 Å². The first-order chi connectivity index (χ1) is 8.71. The number of hydrogen-bond donors (Lipinski definition) is 0. The van der Waals surface area contributed by atoms with Gasteiger partial charge in [-0.25, -0.2) is 12.7 Å². The summed E-state index contributed by atoms with van der Waals surface area (Å²) in [6.45, 7) is 1.72. The summed E-state index contributed by atoms with van der Waals surface area (Å²) in [4.78, 5) is 10.0. The molecule has 1 aromatic rings. The fourth-order valence-electron chi connectivity index (χ4n) is 1.40. The van der Waals surface area contributed by atoms with Crippen molar-refractivity contribution in [2.75, 3.05) is 18.9 Å². The molecule has 0 radical (unpaired) electrons. The lowest BCUT2D eigenvalue weighted by atomic mass is 10.2. The van der Waals surface area contributed by atoms with Crippen LogP contribution in [0.3, 0.4) is 0 Å². The maximum Gasteiger partial charge on any atom is 0.275 e. The van der Waals surface area contributed by atoms with E-state index in [9.17, 15) is 18.5 Å².